The summed E-state index contributed by atoms with van der Waals surface area (Å²) in [5.41, 5.74) is -0.550. The molecule has 7 heteroatoms. The highest BCUT2D eigenvalue weighted by molar-refractivity contribution is 5.68. The van der Waals surface area contributed by atoms with E-state index in [2.05, 4.69) is 5.32 Å². The number of amides is 1. The van der Waals surface area contributed by atoms with Gasteiger partial charge in [-0.1, -0.05) is 18.2 Å². The van der Waals surface area contributed by atoms with E-state index in [1.165, 1.54) is 12.1 Å². The van der Waals surface area contributed by atoms with E-state index in [4.69, 9.17) is 4.74 Å². The fraction of sp³-hybridized carbons (Fsp3) is 0.611. The minimum atomic E-state index is -4.32. The van der Waals surface area contributed by atoms with Gasteiger partial charge in [0.15, 0.2) is 0 Å². The van der Waals surface area contributed by atoms with Crippen molar-refractivity contribution in [1.29, 1.82) is 0 Å². The normalized spacial score (nSPS) is 16.8. The Labute approximate surface area is 146 Å². The van der Waals surface area contributed by atoms with Gasteiger partial charge >= 0.3 is 12.3 Å². The molecule has 0 bridgehead atoms. The van der Waals surface area contributed by atoms with Gasteiger partial charge in [0, 0.05) is 25.7 Å². The largest absolute Gasteiger partial charge is 0.444 e. The lowest BCUT2D eigenvalue weighted by Crippen LogP contribution is -2.46. The van der Waals surface area contributed by atoms with Crippen molar-refractivity contribution >= 4 is 6.09 Å². The number of hydrogen-bond acceptors (Lipinski definition) is 3. The molecule has 0 aliphatic carbocycles. The molecular formula is C18H25F3N2O2. The van der Waals surface area contributed by atoms with Crippen molar-refractivity contribution in [3.63, 3.8) is 0 Å². The first-order valence-corrected chi connectivity index (χ1v) is 8.42. The lowest BCUT2D eigenvalue weighted by molar-refractivity contribution is -0.137. The van der Waals surface area contributed by atoms with Crippen molar-refractivity contribution in [2.45, 2.75) is 58.0 Å². The monoisotopic (exact) mass is 358 g/mol. The molecule has 2 rings (SSSR count). The number of carbonyl (C=O) groups excluding carboxylic acids is 1. The lowest BCUT2D eigenvalue weighted by atomic mass is 10.0. The van der Waals surface area contributed by atoms with Gasteiger partial charge in [0.1, 0.15) is 5.60 Å². The molecule has 1 heterocycles. The maximum Gasteiger partial charge on any atom is 0.416 e. The van der Waals surface area contributed by atoms with Gasteiger partial charge in [-0.15, -0.1) is 0 Å². The molecular weight excluding hydrogens is 333 g/mol. The molecule has 0 saturated carbocycles. The maximum absolute atomic E-state index is 12.7. The molecule has 0 unspecified atom stereocenters. The van der Waals surface area contributed by atoms with Gasteiger partial charge in [-0.3, -0.25) is 0 Å². The third-order valence-electron chi connectivity index (χ3n) is 4.00. The number of hydrogen-bond donors (Lipinski definition) is 1. The molecule has 1 aliphatic rings. The second kappa shape index (κ2) is 7.64. The summed E-state index contributed by atoms with van der Waals surface area (Å²) >= 11 is 0. The van der Waals surface area contributed by atoms with Crippen LogP contribution in [0, 0.1) is 0 Å². The van der Waals surface area contributed by atoms with Crippen LogP contribution in [0.5, 0.6) is 0 Å². The number of benzene rings is 1. The van der Waals surface area contributed by atoms with Crippen LogP contribution >= 0.6 is 0 Å². The molecule has 4 nitrogen and oxygen atoms in total. The molecule has 0 aromatic heterocycles. The Kier molecular flexibility index (Phi) is 5.98. The summed E-state index contributed by atoms with van der Waals surface area (Å²) in [7, 11) is 0. The first kappa shape index (κ1) is 19.6. The predicted octanol–water partition coefficient (Wildman–Crippen LogP) is 4.19. The van der Waals surface area contributed by atoms with Gasteiger partial charge in [0.2, 0.25) is 0 Å². The van der Waals surface area contributed by atoms with E-state index in [0.717, 1.165) is 18.9 Å². The van der Waals surface area contributed by atoms with Crippen molar-refractivity contribution in [3.8, 4) is 0 Å². The number of rotatable bonds is 3. The molecule has 25 heavy (non-hydrogen) atoms. The van der Waals surface area contributed by atoms with E-state index >= 15 is 0 Å². The number of alkyl halides is 3. The number of carbonyl (C=O) groups is 1. The minimum Gasteiger partial charge on any atom is -0.444 e. The van der Waals surface area contributed by atoms with Crippen molar-refractivity contribution in [2.75, 3.05) is 13.1 Å². The molecule has 0 atom stereocenters. The molecule has 1 amide bonds. The number of nitrogens with zero attached hydrogens (tertiary/aromatic N) is 1. The highest BCUT2D eigenvalue weighted by Gasteiger charge is 2.30. The first-order valence-electron chi connectivity index (χ1n) is 8.42. The average molecular weight is 358 g/mol. The number of nitrogens with one attached hydrogen (secondary N) is 1. The second-order valence-corrected chi connectivity index (χ2v) is 7.32. The van der Waals surface area contributed by atoms with Crippen LogP contribution in [-0.2, 0) is 17.5 Å². The van der Waals surface area contributed by atoms with Crippen LogP contribution in [0.25, 0.3) is 0 Å². The van der Waals surface area contributed by atoms with Crippen molar-refractivity contribution in [2.24, 2.45) is 0 Å². The third-order valence-corrected chi connectivity index (χ3v) is 4.00. The fourth-order valence-electron chi connectivity index (χ4n) is 2.71. The molecule has 1 aromatic rings. The van der Waals surface area contributed by atoms with Gasteiger partial charge in [-0.2, -0.15) is 13.2 Å². The molecule has 0 spiro atoms. The van der Waals surface area contributed by atoms with Crippen molar-refractivity contribution < 1.29 is 22.7 Å². The van der Waals surface area contributed by atoms with E-state index in [0.29, 0.717) is 25.2 Å². The number of likely N-dealkylation sites (tertiary alicyclic amines) is 1. The smallest absolute Gasteiger partial charge is 0.416 e. The number of piperidine rings is 1. The Morgan fingerprint density at radius 2 is 1.88 bits per heavy atom. The summed E-state index contributed by atoms with van der Waals surface area (Å²) in [5.74, 6) is 0. The summed E-state index contributed by atoms with van der Waals surface area (Å²) in [5, 5.41) is 3.28. The van der Waals surface area contributed by atoms with Gasteiger partial charge in [-0.05, 0) is 45.2 Å². The molecule has 1 N–H and O–H groups in total. The average Bonchev–Trinajstić information content (AvgIpc) is 2.51. The summed E-state index contributed by atoms with van der Waals surface area (Å²) in [4.78, 5) is 13.7. The summed E-state index contributed by atoms with van der Waals surface area (Å²) in [6, 6.07) is 5.52. The van der Waals surface area contributed by atoms with Crippen LogP contribution in [0.4, 0.5) is 18.0 Å². The highest BCUT2D eigenvalue weighted by Crippen LogP contribution is 2.29. The minimum absolute atomic E-state index is 0.174. The van der Waals surface area contributed by atoms with Crippen LogP contribution in [0.15, 0.2) is 24.3 Å². The molecule has 1 fully saturated rings. The zero-order valence-corrected chi connectivity index (χ0v) is 14.8. The standard InChI is InChI=1S/C18H25F3N2O2/c1-17(2,3)25-16(24)23-9-7-15(8-10-23)22-12-13-5-4-6-14(11-13)18(19,20)21/h4-6,11,15,22H,7-10,12H2,1-3H3. The van der Waals surface area contributed by atoms with Crippen LogP contribution in [0.1, 0.15) is 44.7 Å². The van der Waals surface area contributed by atoms with Gasteiger partial charge in [-0.25, -0.2) is 4.79 Å². The van der Waals surface area contributed by atoms with Crippen LogP contribution in [0.2, 0.25) is 0 Å². The van der Waals surface area contributed by atoms with E-state index in [9.17, 15) is 18.0 Å². The Morgan fingerprint density at radius 3 is 2.44 bits per heavy atom. The molecule has 1 saturated heterocycles. The Balaban J connectivity index is 1.80. The molecule has 1 aromatic carbocycles. The van der Waals surface area contributed by atoms with E-state index < -0.39 is 17.3 Å². The summed E-state index contributed by atoms with van der Waals surface area (Å²) in [6.07, 6.45) is -3.14. The topological polar surface area (TPSA) is 41.6 Å². The van der Waals surface area contributed by atoms with Gasteiger partial charge < -0.3 is 15.0 Å². The zero-order chi connectivity index (χ0) is 18.7. The Morgan fingerprint density at radius 1 is 1.24 bits per heavy atom. The molecule has 1 aliphatic heterocycles. The second-order valence-electron chi connectivity index (χ2n) is 7.32. The molecule has 0 radical (unpaired) electrons. The van der Waals surface area contributed by atoms with E-state index in [1.807, 2.05) is 20.8 Å². The zero-order valence-electron chi connectivity index (χ0n) is 14.8. The molecule has 140 valence electrons. The highest BCUT2D eigenvalue weighted by atomic mass is 19.4. The summed E-state index contributed by atoms with van der Waals surface area (Å²) < 4.78 is 43.5. The lowest BCUT2D eigenvalue weighted by Gasteiger charge is -2.33. The quantitative estimate of drug-likeness (QED) is 0.881. The van der Waals surface area contributed by atoms with E-state index in [-0.39, 0.29) is 12.1 Å². The Hall–Kier alpha value is -1.76. The van der Waals surface area contributed by atoms with Crippen LogP contribution in [0.3, 0.4) is 0 Å². The predicted molar refractivity (Wildman–Crippen MR) is 89.1 cm³/mol. The van der Waals surface area contributed by atoms with Crippen molar-refractivity contribution in [1.82, 2.24) is 10.2 Å². The maximum atomic E-state index is 12.7. The first-order chi connectivity index (χ1) is 11.5. The third kappa shape index (κ3) is 6.23. The summed E-state index contributed by atoms with van der Waals surface area (Å²) in [6.45, 7) is 7.02. The SMILES string of the molecule is CC(C)(C)OC(=O)N1CCC(NCc2cccc(C(F)(F)F)c2)CC1. The van der Waals surface area contributed by atoms with Gasteiger partial charge in [0.25, 0.3) is 0 Å². The number of ether oxygens (including phenoxy) is 1. The van der Waals surface area contributed by atoms with Crippen molar-refractivity contribution in [3.05, 3.63) is 35.4 Å². The Bertz CT molecular complexity index is 589. The number of halogens is 3. The van der Waals surface area contributed by atoms with Crippen LogP contribution < -0.4 is 5.32 Å². The van der Waals surface area contributed by atoms with Crippen LogP contribution in [-0.4, -0.2) is 35.7 Å². The van der Waals surface area contributed by atoms with E-state index in [1.54, 1.807) is 11.0 Å². The van der Waals surface area contributed by atoms with Gasteiger partial charge in [0.05, 0.1) is 5.56 Å². The fourth-order valence-corrected chi connectivity index (χ4v) is 2.71.